The van der Waals surface area contributed by atoms with Gasteiger partial charge in [-0.1, -0.05) is 30.7 Å². The second-order valence-electron chi connectivity index (χ2n) is 8.97. The molecule has 1 fully saturated rings. The Morgan fingerprint density at radius 2 is 2.08 bits per heavy atom. The monoisotopic (exact) mass is 364 g/mol. The van der Waals surface area contributed by atoms with Crippen molar-refractivity contribution in [3.8, 4) is 0 Å². The third kappa shape index (κ3) is 4.77. The predicted octanol–water partition coefficient (Wildman–Crippen LogP) is 4.01. The number of esters is 1. The maximum atomic E-state index is 11.4. The number of rotatable bonds is 6. The second-order valence-corrected chi connectivity index (χ2v) is 8.97. The van der Waals surface area contributed by atoms with Crippen molar-refractivity contribution in [3.63, 3.8) is 0 Å². The molecule has 1 saturated carbocycles. The quantitative estimate of drug-likeness (QED) is 0.552. The van der Waals surface area contributed by atoms with Crippen LogP contribution in [0.5, 0.6) is 0 Å². The highest BCUT2D eigenvalue weighted by Gasteiger charge is 2.42. The SMILES string of the molecule is C=C1CC[C@@H]([C@H](C)CC[C@H](OC(C)=O)C(C)(C)O)[C@@H](O)[C@@H]2C(C)=CC[C@@H]12. The Balaban J connectivity index is 2.05. The van der Waals surface area contributed by atoms with Gasteiger partial charge >= 0.3 is 5.97 Å². The van der Waals surface area contributed by atoms with E-state index in [1.54, 1.807) is 13.8 Å². The summed E-state index contributed by atoms with van der Waals surface area (Å²) in [6.45, 7) is 13.3. The van der Waals surface area contributed by atoms with Crippen molar-refractivity contribution < 1.29 is 19.7 Å². The smallest absolute Gasteiger partial charge is 0.303 e. The molecule has 26 heavy (non-hydrogen) atoms. The molecule has 0 aromatic heterocycles. The van der Waals surface area contributed by atoms with Gasteiger partial charge in [-0.3, -0.25) is 4.79 Å². The van der Waals surface area contributed by atoms with Crippen LogP contribution >= 0.6 is 0 Å². The lowest BCUT2D eigenvalue weighted by Gasteiger charge is -2.34. The zero-order valence-electron chi connectivity index (χ0n) is 17.0. The van der Waals surface area contributed by atoms with Gasteiger partial charge in [-0.2, -0.15) is 0 Å². The van der Waals surface area contributed by atoms with Gasteiger partial charge in [0.25, 0.3) is 0 Å². The van der Waals surface area contributed by atoms with Crippen LogP contribution in [0.4, 0.5) is 0 Å². The van der Waals surface area contributed by atoms with E-state index >= 15 is 0 Å². The summed E-state index contributed by atoms with van der Waals surface area (Å²) in [5, 5.41) is 21.4. The number of carbonyl (C=O) groups is 1. The van der Waals surface area contributed by atoms with Crippen LogP contribution < -0.4 is 0 Å². The second kappa shape index (κ2) is 8.26. The third-order valence-electron chi connectivity index (χ3n) is 6.49. The average molecular weight is 365 g/mol. The molecule has 0 aromatic rings. The topological polar surface area (TPSA) is 66.8 Å². The normalized spacial score (nSPS) is 31.7. The van der Waals surface area contributed by atoms with Crippen molar-refractivity contribution in [2.45, 2.75) is 84.5 Å². The summed E-state index contributed by atoms with van der Waals surface area (Å²) in [6.07, 6.45) is 5.68. The first kappa shape index (κ1) is 21.2. The zero-order valence-corrected chi connectivity index (χ0v) is 17.0. The summed E-state index contributed by atoms with van der Waals surface area (Å²) in [5.74, 6) is 0.682. The number of allylic oxidation sites excluding steroid dienone is 2. The van der Waals surface area contributed by atoms with Crippen LogP contribution in [-0.4, -0.2) is 34.0 Å². The van der Waals surface area contributed by atoms with E-state index in [1.807, 2.05) is 0 Å². The van der Waals surface area contributed by atoms with Crippen LogP contribution in [-0.2, 0) is 9.53 Å². The van der Waals surface area contributed by atoms with E-state index in [0.29, 0.717) is 12.3 Å². The van der Waals surface area contributed by atoms with Crippen LogP contribution in [0.15, 0.2) is 23.8 Å². The van der Waals surface area contributed by atoms with Crippen molar-refractivity contribution in [1.82, 2.24) is 0 Å². The standard InChI is InChI=1S/C22H36O4/c1-13-7-11-18(21(24)20-15(3)8-10-17(13)20)14(2)9-12-19(22(5,6)25)26-16(4)23/h8,14,17-21,24-25H,1,7,9-12H2,2-6H3/t14-,17+,18+,19+,20-,21-/m1/s1. The van der Waals surface area contributed by atoms with Gasteiger partial charge in [0.2, 0.25) is 0 Å². The maximum Gasteiger partial charge on any atom is 0.303 e. The first-order valence-corrected chi connectivity index (χ1v) is 9.94. The first-order valence-electron chi connectivity index (χ1n) is 9.94. The van der Waals surface area contributed by atoms with Gasteiger partial charge in [0.15, 0.2) is 0 Å². The van der Waals surface area contributed by atoms with Crippen LogP contribution in [0, 0.1) is 23.7 Å². The van der Waals surface area contributed by atoms with Gasteiger partial charge in [-0.25, -0.2) is 0 Å². The number of aliphatic hydroxyl groups excluding tert-OH is 1. The molecule has 2 rings (SSSR count). The van der Waals surface area contributed by atoms with Crippen molar-refractivity contribution in [3.05, 3.63) is 23.8 Å². The summed E-state index contributed by atoms with van der Waals surface area (Å²) in [6, 6.07) is 0. The highest BCUT2D eigenvalue weighted by atomic mass is 16.6. The number of fused-ring (bicyclic) bond motifs is 1. The molecule has 0 aliphatic heterocycles. The minimum atomic E-state index is -1.07. The predicted molar refractivity (Wildman–Crippen MR) is 103 cm³/mol. The summed E-state index contributed by atoms with van der Waals surface area (Å²) < 4.78 is 5.33. The fraction of sp³-hybridized carbons (Fsp3) is 0.773. The molecule has 2 N–H and O–H groups in total. The molecule has 0 unspecified atom stereocenters. The molecule has 0 spiro atoms. The lowest BCUT2D eigenvalue weighted by Crippen LogP contribution is -2.40. The Hall–Kier alpha value is -1.13. The molecule has 0 radical (unpaired) electrons. The Morgan fingerprint density at radius 3 is 2.65 bits per heavy atom. The fourth-order valence-corrected chi connectivity index (χ4v) is 4.82. The lowest BCUT2D eigenvalue weighted by molar-refractivity contribution is -0.160. The van der Waals surface area contributed by atoms with E-state index in [9.17, 15) is 15.0 Å². The number of aliphatic hydroxyl groups is 2. The first-order chi connectivity index (χ1) is 12.0. The zero-order chi connectivity index (χ0) is 19.6. The number of carbonyl (C=O) groups excluding carboxylic acids is 1. The van der Waals surface area contributed by atoms with Crippen LogP contribution in [0.1, 0.15) is 66.7 Å². The van der Waals surface area contributed by atoms with Crippen molar-refractivity contribution >= 4 is 5.97 Å². The highest BCUT2D eigenvalue weighted by Crippen LogP contribution is 2.47. The molecule has 4 nitrogen and oxygen atoms in total. The van der Waals surface area contributed by atoms with Crippen molar-refractivity contribution in [1.29, 1.82) is 0 Å². The van der Waals surface area contributed by atoms with E-state index in [4.69, 9.17) is 4.74 Å². The molecule has 0 amide bonds. The Kier molecular flexibility index (Phi) is 6.73. The number of hydrogen-bond donors (Lipinski definition) is 2. The Morgan fingerprint density at radius 1 is 1.42 bits per heavy atom. The van der Waals surface area contributed by atoms with Gasteiger partial charge in [0, 0.05) is 12.8 Å². The molecule has 148 valence electrons. The molecule has 6 atom stereocenters. The maximum absolute atomic E-state index is 11.4. The average Bonchev–Trinajstić information content (AvgIpc) is 2.85. The molecule has 0 aromatic carbocycles. The highest BCUT2D eigenvalue weighted by molar-refractivity contribution is 5.66. The van der Waals surface area contributed by atoms with E-state index in [0.717, 1.165) is 25.7 Å². The Labute approximate surface area is 158 Å². The van der Waals surface area contributed by atoms with Gasteiger partial charge in [0.1, 0.15) is 6.10 Å². The van der Waals surface area contributed by atoms with Crippen molar-refractivity contribution in [2.75, 3.05) is 0 Å². The van der Waals surface area contributed by atoms with E-state index in [1.165, 1.54) is 18.1 Å². The molecule has 2 aliphatic rings. The van der Waals surface area contributed by atoms with Crippen LogP contribution in [0.25, 0.3) is 0 Å². The van der Waals surface area contributed by atoms with Gasteiger partial charge in [0.05, 0.1) is 11.7 Å². The van der Waals surface area contributed by atoms with E-state index in [-0.39, 0.29) is 29.8 Å². The largest absolute Gasteiger partial charge is 0.460 e. The molecule has 2 aliphatic carbocycles. The van der Waals surface area contributed by atoms with Gasteiger partial charge < -0.3 is 14.9 Å². The molecule has 0 saturated heterocycles. The summed E-state index contributed by atoms with van der Waals surface area (Å²) >= 11 is 0. The molecule has 0 heterocycles. The number of ether oxygens (including phenoxy) is 1. The lowest BCUT2D eigenvalue weighted by atomic mass is 9.75. The molecular weight excluding hydrogens is 328 g/mol. The fourth-order valence-electron chi connectivity index (χ4n) is 4.82. The minimum Gasteiger partial charge on any atom is -0.460 e. The van der Waals surface area contributed by atoms with Crippen LogP contribution in [0.2, 0.25) is 0 Å². The third-order valence-corrected chi connectivity index (χ3v) is 6.49. The summed E-state index contributed by atoms with van der Waals surface area (Å²) in [7, 11) is 0. The van der Waals surface area contributed by atoms with Gasteiger partial charge in [-0.15, -0.1) is 0 Å². The summed E-state index contributed by atoms with van der Waals surface area (Å²) in [4.78, 5) is 11.4. The number of hydrogen-bond acceptors (Lipinski definition) is 4. The van der Waals surface area contributed by atoms with Gasteiger partial charge in [-0.05, 0) is 70.6 Å². The van der Waals surface area contributed by atoms with E-state index < -0.39 is 11.7 Å². The Bertz CT molecular complexity index is 557. The van der Waals surface area contributed by atoms with E-state index in [2.05, 4.69) is 26.5 Å². The molecule has 4 heteroatoms. The molecule has 0 bridgehead atoms. The summed E-state index contributed by atoms with van der Waals surface area (Å²) in [5.41, 5.74) is 1.49. The minimum absolute atomic E-state index is 0.191. The van der Waals surface area contributed by atoms with Crippen LogP contribution in [0.3, 0.4) is 0 Å². The van der Waals surface area contributed by atoms with Crippen molar-refractivity contribution in [2.24, 2.45) is 23.7 Å². The molecular formula is C22H36O4.